The first-order valence-electron chi connectivity index (χ1n) is 5.80. The molecule has 0 amide bonds. The third kappa shape index (κ3) is 2.85. The number of pyridine rings is 1. The molecule has 0 aromatic carbocycles. The first-order valence-corrected chi connectivity index (χ1v) is 5.80. The molecule has 4 heteroatoms. The van der Waals surface area contributed by atoms with Gasteiger partial charge in [-0.3, -0.25) is 0 Å². The van der Waals surface area contributed by atoms with Crippen molar-refractivity contribution in [1.82, 2.24) is 4.98 Å². The molecule has 88 valence electrons. The molecule has 2 heterocycles. The molecule has 0 radical (unpaired) electrons. The van der Waals surface area contributed by atoms with E-state index < -0.39 is 0 Å². The van der Waals surface area contributed by atoms with Gasteiger partial charge in [-0.15, -0.1) is 0 Å². The first kappa shape index (κ1) is 11.2. The average molecular weight is 221 g/mol. The van der Waals surface area contributed by atoms with Crippen LogP contribution in [0.25, 0.3) is 0 Å². The van der Waals surface area contributed by atoms with Crippen LogP contribution in [0, 0.1) is 0 Å². The Hall–Kier alpha value is -1.29. The van der Waals surface area contributed by atoms with E-state index in [9.17, 15) is 0 Å². The third-order valence-corrected chi connectivity index (χ3v) is 2.96. The van der Waals surface area contributed by atoms with E-state index in [2.05, 4.69) is 16.9 Å². The lowest BCUT2D eigenvalue weighted by molar-refractivity contribution is 0.0216. The van der Waals surface area contributed by atoms with E-state index in [-0.39, 0.29) is 0 Å². The molecule has 1 saturated heterocycles. The minimum atomic E-state index is 0.358. The van der Waals surface area contributed by atoms with Crippen molar-refractivity contribution >= 4 is 11.5 Å². The molecule has 0 spiro atoms. The second-order valence-electron chi connectivity index (χ2n) is 4.31. The van der Waals surface area contributed by atoms with Crippen molar-refractivity contribution in [3.05, 3.63) is 18.3 Å². The average Bonchev–Trinajstić information content (AvgIpc) is 2.31. The summed E-state index contributed by atoms with van der Waals surface area (Å²) in [6.45, 7) is 1.82. The van der Waals surface area contributed by atoms with Gasteiger partial charge in [0.05, 0.1) is 18.0 Å². The molecule has 1 aliphatic rings. The third-order valence-electron chi connectivity index (χ3n) is 2.96. The van der Waals surface area contributed by atoms with Crippen molar-refractivity contribution in [1.29, 1.82) is 0 Å². The maximum absolute atomic E-state index is 5.71. The van der Waals surface area contributed by atoms with Crippen molar-refractivity contribution in [2.45, 2.75) is 25.4 Å². The molecule has 1 atom stereocenters. The van der Waals surface area contributed by atoms with Crippen molar-refractivity contribution in [2.75, 3.05) is 30.8 Å². The number of hydrogen-bond donors (Lipinski definition) is 1. The maximum Gasteiger partial charge on any atom is 0.123 e. The summed E-state index contributed by atoms with van der Waals surface area (Å²) in [6, 6.07) is 3.82. The second-order valence-corrected chi connectivity index (χ2v) is 4.31. The Balaban J connectivity index is 1.91. The van der Waals surface area contributed by atoms with Gasteiger partial charge in [0.25, 0.3) is 0 Å². The van der Waals surface area contributed by atoms with Crippen molar-refractivity contribution in [2.24, 2.45) is 0 Å². The lowest BCUT2D eigenvalue weighted by Gasteiger charge is -2.28. The van der Waals surface area contributed by atoms with Crippen LogP contribution in [0.3, 0.4) is 0 Å². The number of anilines is 2. The quantitative estimate of drug-likeness (QED) is 0.843. The SMILES string of the molecule is CN(CC1CCCCO1)c1ccc(N)nc1. The molecule has 1 unspecified atom stereocenters. The number of likely N-dealkylation sites (N-methyl/N-ethyl adjacent to an activating group) is 1. The molecule has 1 aromatic heterocycles. The number of hydrogen-bond acceptors (Lipinski definition) is 4. The van der Waals surface area contributed by atoms with Gasteiger partial charge in [-0.05, 0) is 31.4 Å². The molecular formula is C12H19N3O. The Labute approximate surface area is 96.4 Å². The fraction of sp³-hybridized carbons (Fsp3) is 0.583. The summed E-state index contributed by atoms with van der Waals surface area (Å²) < 4.78 is 5.71. The molecule has 0 saturated carbocycles. The van der Waals surface area contributed by atoms with E-state index in [1.165, 1.54) is 12.8 Å². The van der Waals surface area contributed by atoms with E-state index in [4.69, 9.17) is 10.5 Å². The predicted molar refractivity (Wildman–Crippen MR) is 65.5 cm³/mol. The zero-order valence-corrected chi connectivity index (χ0v) is 9.72. The standard InChI is InChI=1S/C12H19N3O/c1-15(9-11-4-2-3-7-16-11)10-5-6-12(13)14-8-10/h5-6,8,11H,2-4,7,9H2,1H3,(H2,13,14). The number of nitrogen functional groups attached to an aromatic ring is 1. The van der Waals surface area contributed by atoms with Crippen molar-refractivity contribution in [3.63, 3.8) is 0 Å². The number of ether oxygens (including phenoxy) is 1. The van der Waals surface area contributed by atoms with E-state index >= 15 is 0 Å². The van der Waals surface area contributed by atoms with Crippen LogP contribution in [0.15, 0.2) is 18.3 Å². The summed E-state index contributed by atoms with van der Waals surface area (Å²) >= 11 is 0. The fourth-order valence-electron chi connectivity index (χ4n) is 1.99. The zero-order chi connectivity index (χ0) is 11.4. The van der Waals surface area contributed by atoms with E-state index in [0.29, 0.717) is 11.9 Å². The van der Waals surface area contributed by atoms with E-state index in [1.807, 2.05) is 12.1 Å². The Morgan fingerprint density at radius 2 is 2.38 bits per heavy atom. The highest BCUT2D eigenvalue weighted by Gasteiger charge is 2.16. The van der Waals surface area contributed by atoms with Gasteiger partial charge in [-0.2, -0.15) is 0 Å². The molecule has 1 aliphatic heterocycles. The van der Waals surface area contributed by atoms with E-state index in [0.717, 1.165) is 25.3 Å². The van der Waals surface area contributed by atoms with Gasteiger partial charge in [-0.25, -0.2) is 4.98 Å². The van der Waals surface area contributed by atoms with Gasteiger partial charge in [0.15, 0.2) is 0 Å². The van der Waals surface area contributed by atoms with Crippen LogP contribution < -0.4 is 10.6 Å². The Morgan fingerprint density at radius 1 is 1.50 bits per heavy atom. The molecule has 2 N–H and O–H groups in total. The fourth-order valence-corrected chi connectivity index (χ4v) is 1.99. The number of rotatable bonds is 3. The van der Waals surface area contributed by atoms with Crippen molar-refractivity contribution in [3.8, 4) is 0 Å². The van der Waals surface area contributed by atoms with Gasteiger partial charge in [0.2, 0.25) is 0 Å². The monoisotopic (exact) mass is 221 g/mol. The molecule has 1 aromatic rings. The summed E-state index contributed by atoms with van der Waals surface area (Å²) in [4.78, 5) is 6.26. The largest absolute Gasteiger partial charge is 0.384 e. The summed E-state index contributed by atoms with van der Waals surface area (Å²) in [5.41, 5.74) is 6.64. The summed E-state index contributed by atoms with van der Waals surface area (Å²) in [7, 11) is 2.06. The van der Waals surface area contributed by atoms with Gasteiger partial charge in [0, 0.05) is 20.2 Å². The Bertz CT molecular complexity index is 320. The van der Waals surface area contributed by atoms with Gasteiger partial charge in [0.1, 0.15) is 5.82 Å². The summed E-state index contributed by atoms with van der Waals surface area (Å²) in [5, 5.41) is 0. The molecule has 4 nitrogen and oxygen atoms in total. The molecule has 0 aliphatic carbocycles. The minimum absolute atomic E-state index is 0.358. The van der Waals surface area contributed by atoms with Crippen LogP contribution in [-0.4, -0.2) is 31.3 Å². The van der Waals surface area contributed by atoms with E-state index in [1.54, 1.807) is 6.20 Å². The Kier molecular flexibility index (Phi) is 3.62. The topological polar surface area (TPSA) is 51.4 Å². The molecule has 2 rings (SSSR count). The van der Waals surface area contributed by atoms with Crippen LogP contribution in [0.4, 0.5) is 11.5 Å². The maximum atomic E-state index is 5.71. The second kappa shape index (κ2) is 5.16. The van der Waals surface area contributed by atoms with Crippen LogP contribution >= 0.6 is 0 Å². The normalized spacial score (nSPS) is 20.7. The smallest absolute Gasteiger partial charge is 0.123 e. The lowest BCUT2D eigenvalue weighted by atomic mass is 10.1. The highest BCUT2D eigenvalue weighted by molar-refractivity contribution is 5.47. The van der Waals surface area contributed by atoms with Crippen LogP contribution in [0.5, 0.6) is 0 Å². The van der Waals surface area contributed by atoms with Crippen LogP contribution in [0.1, 0.15) is 19.3 Å². The van der Waals surface area contributed by atoms with Gasteiger partial charge in [-0.1, -0.05) is 0 Å². The lowest BCUT2D eigenvalue weighted by Crippen LogP contribution is -2.33. The number of nitrogens with zero attached hydrogens (tertiary/aromatic N) is 2. The van der Waals surface area contributed by atoms with Crippen molar-refractivity contribution < 1.29 is 4.74 Å². The molecule has 1 fully saturated rings. The highest BCUT2D eigenvalue weighted by Crippen LogP contribution is 2.17. The van der Waals surface area contributed by atoms with Gasteiger partial charge < -0.3 is 15.4 Å². The predicted octanol–water partition coefficient (Wildman–Crippen LogP) is 1.67. The number of nitrogens with two attached hydrogens (primary N) is 1. The van der Waals surface area contributed by atoms with Crippen LogP contribution in [0.2, 0.25) is 0 Å². The summed E-state index contributed by atoms with van der Waals surface area (Å²) in [6.07, 6.45) is 5.80. The summed E-state index contributed by atoms with van der Waals surface area (Å²) in [5.74, 6) is 0.561. The molecule has 0 bridgehead atoms. The zero-order valence-electron chi connectivity index (χ0n) is 9.72. The highest BCUT2D eigenvalue weighted by atomic mass is 16.5. The first-order chi connectivity index (χ1) is 7.75. The molecular weight excluding hydrogens is 202 g/mol. The minimum Gasteiger partial charge on any atom is -0.384 e. The molecule has 16 heavy (non-hydrogen) atoms. The van der Waals surface area contributed by atoms with Crippen LogP contribution in [-0.2, 0) is 4.74 Å². The Morgan fingerprint density at radius 3 is 3.00 bits per heavy atom. The number of aromatic nitrogens is 1. The van der Waals surface area contributed by atoms with Gasteiger partial charge >= 0.3 is 0 Å².